The summed E-state index contributed by atoms with van der Waals surface area (Å²) in [6.07, 6.45) is 3.62. The minimum Gasteiger partial charge on any atom is -0.341 e. The van der Waals surface area contributed by atoms with Crippen LogP contribution in [0.1, 0.15) is 61.4 Å². The van der Waals surface area contributed by atoms with Gasteiger partial charge in [-0.3, -0.25) is 19.7 Å². The lowest BCUT2D eigenvalue weighted by Crippen LogP contribution is -2.52. The van der Waals surface area contributed by atoms with Crippen LogP contribution >= 0.6 is 0 Å². The maximum Gasteiger partial charge on any atom is 0.332 e. The molecule has 1 saturated heterocycles. The molecule has 8 nitrogen and oxygen atoms in total. The van der Waals surface area contributed by atoms with E-state index >= 15 is 0 Å². The van der Waals surface area contributed by atoms with Crippen molar-refractivity contribution >= 4 is 29.4 Å². The monoisotopic (exact) mass is 387 g/mol. The Bertz CT molecular complexity index is 807. The molecule has 8 heteroatoms. The van der Waals surface area contributed by atoms with Crippen molar-refractivity contribution in [1.82, 2.24) is 10.2 Å². The highest BCUT2D eigenvalue weighted by Crippen LogP contribution is 2.33. The van der Waals surface area contributed by atoms with Crippen molar-refractivity contribution in [3.8, 4) is 0 Å². The number of carbonyl (C=O) groups is 4. The Hall–Kier alpha value is -2.90. The van der Waals surface area contributed by atoms with Crippen molar-refractivity contribution in [3.63, 3.8) is 0 Å². The summed E-state index contributed by atoms with van der Waals surface area (Å²) in [7, 11) is 1.63. The van der Waals surface area contributed by atoms with Gasteiger partial charge in [-0.2, -0.15) is 0 Å². The first-order valence-electron chi connectivity index (χ1n) is 9.63. The average molecular weight is 387 g/mol. The molecule has 2 aliphatic heterocycles. The number of anilines is 1. The molecule has 0 aliphatic carbocycles. The highest BCUT2D eigenvalue weighted by Gasteiger charge is 2.40. The topological polar surface area (TPSA) is 96.0 Å². The van der Waals surface area contributed by atoms with Gasteiger partial charge < -0.3 is 9.74 Å². The molecule has 0 saturated carbocycles. The van der Waals surface area contributed by atoms with Crippen molar-refractivity contribution in [2.75, 3.05) is 12.1 Å². The lowest BCUT2D eigenvalue weighted by Gasteiger charge is -2.29. The third-order valence-electron chi connectivity index (χ3n) is 5.12. The number of imide groups is 1. The molecule has 1 aromatic rings. The number of fused-ring (bicyclic) bond motifs is 1. The van der Waals surface area contributed by atoms with Gasteiger partial charge in [-0.15, -0.1) is 0 Å². The summed E-state index contributed by atoms with van der Waals surface area (Å²) in [5, 5.41) is 3.67. The van der Waals surface area contributed by atoms with Crippen LogP contribution in [0.3, 0.4) is 0 Å². The van der Waals surface area contributed by atoms with E-state index in [0.717, 1.165) is 19.3 Å². The normalized spacial score (nSPS) is 18.7. The van der Waals surface area contributed by atoms with Gasteiger partial charge in [0.15, 0.2) is 0 Å². The van der Waals surface area contributed by atoms with Gasteiger partial charge in [0.1, 0.15) is 6.04 Å². The van der Waals surface area contributed by atoms with Crippen LogP contribution in [0.4, 0.5) is 5.69 Å². The van der Waals surface area contributed by atoms with Crippen molar-refractivity contribution < 1.29 is 24.0 Å². The minimum atomic E-state index is -0.674. The third-order valence-corrected chi connectivity index (χ3v) is 5.12. The zero-order chi connectivity index (χ0) is 20.3. The van der Waals surface area contributed by atoms with Gasteiger partial charge >= 0.3 is 5.97 Å². The van der Waals surface area contributed by atoms with E-state index in [9.17, 15) is 19.2 Å². The Balaban J connectivity index is 1.74. The summed E-state index contributed by atoms with van der Waals surface area (Å²) in [6.45, 7) is 2.30. The van der Waals surface area contributed by atoms with Gasteiger partial charge in [0.25, 0.3) is 5.91 Å². The molecule has 1 fully saturated rings. The molecular weight excluding hydrogens is 362 g/mol. The predicted molar refractivity (Wildman–Crippen MR) is 101 cm³/mol. The first kappa shape index (κ1) is 19.9. The van der Waals surface area contributed by atoms with Gasteiger partial charge in [0.05, 0.1) is 5.69 Å². The molecule has 3 amide bonds. The summed E-state index contributed by atoms with van der Waals surface area (Å²) < 4.78 is 0. The SMILES string of the molecule is CCCCCC(=O)ON(C)c1cccc2c1CN(C1CCC(=O)NC1=O)C2=O. The van der Waals surface area contributed by atoms with E-state index in [4.69, 9.17) is 4.84 Å². The van der Waals surface area contributed by atoms with E-state index in [-0.39, 0.29) is 30.7 Å². The predicted octanol–water partition coefficient (Wildman–Crippen LogP) is 1.92. The van der Waals surface area contributed by atoms with Crippen LogP contribution in [0.5, 0.6) is 0 Å². The van der Waals surface area contributed by atoms with Crippen LogP contribution in [0.2, 0.25) is 0 Å². The Morgan fingerprint density at radius 1 is 1.29 bits per heavy atom. The number of hydrogen-bond donors (Lipinski definition) is 1. The molecule has 1 atom stereocenters. The number of nitrogens with one attached hydrogen (secondary N) is 1. The maximum absolute atomic E-state index is 12.8. The average Bonchev–Trinajstić information content (AvgIpc) is 2.98. The van der Waals surface area contributed by atoms with Crippen LogP contribution in [0.15, 0.2) is 18.2 Å². The molecule has 1 aromatic carbocycles. The summed E-state index contributed by atoms with van der Waals surface area (Å²) in [4.78, 5) is 55.3. The number of nitrogens with zero attached hydrogens (tertiary/aromatic N) is 2. The van der Waals surface area contributed by atoms with Crippen molar-refractivity contribution in [3.05, 3.63) is 29.3 Å². The summed E-state index contributed by atoms with van der Waals surface area (Å²) >= 11 is 0. The molecular formula is C20H25N3O5. The maximum atomic E-state index is 12.8. The zero-order valence-corrected chi connectivity index (χ0v) is 16.2. The fraction of sp³-hybridized carbons (Fsp3) is 0.500. The zero-order valence-electron chi connectivity index (χ0n) is 16.2. The lowest BCUT2D eigenvalue weighted by molar-refractivity contribution is -0.144. The molecule has 0 spiro atoms. The van der Waals surface area contributed by atoms with Crippen LogP contribution in [-0.2, 0) is 25.8 Å². The van der Waals surface area contributed by atoms with E-state index in [0.29, 0.717) is 29.7 Å². The standard InChI is InChI=1S/C20H25N3O5/c1-3-4-5-9-18(25)28-22(2)15-8-6-7-13-14(15)12-23(20(13)27)16-10-11-17(24)21-19(16)26/h6-8,16H,3-5,9-12H2,1-2H3,(H,21,24,26). The molecule has 3 rings (SSSR count). The van der Waals surface area contributed by atoms with Gasteiger partial charge in [-0.25, -0.2) is 9.86 Å². The number of benzene rings is 1. The van der Waals surface area contributed by atoms with Crippen LogP contribution < -0.4 is 10.4 Å². The number of rotatable bonds is 7. The highest BCUT2D eigenvalue weighted by molar-refractivity contribution is 6.06. The molecule has 150 valence electrons. The van der Waals surface area contributed by atoms with Crippen LogP contribution in [0, 0.1) is 0 Å². The summed E-state index contributed by atoms with van der Waals surface area (Å²) in [5.74, 6) is -1.34. The Labute approximate surface area is 163 Å². The van der Waals surface area contributed by atoms with Gasteiger partial charge in [-0.05, 0) is 25.0 Å². The van der Waals surface area contributed by atoms with Crippen LogP contribution in [0.25, 0.3) is 0 Å². The molecule has 0 bridgehead atoms. The fourth-order valence-electron chi connectivity index (χ4n) is 3.63. The number of piperidine rings is 1. The van der Waals surface area contributed by atoms with E-state index in [1.165, 1.54) is 9.96 Å². The summed E-state index contributed by atoms with van der Waals surface area (Å²) in [6, 6.07) is 4.53. The van der Waals surface area contributed by atoms with E-state index in [2.05, 4.69) is 12.2 Å². The highest BCUT2D eigenvalue weighted by atomic mass is 16.7. The van der Waals surface area contributed by atoms with Gasteiger partial charge in [0.2, 0.25) is 11.8 Å². The molecule has 0 radical (unpaired) electrons. The number of unbranched alkanes of at least 4 members (excludes halogenated alkanes) is 2. The Morgan fingerprint density at radius 2 is 2.07 bits per heavy atom. The van der Waals surface area contributed by atoms with Gasteiger partial charge in [-0.1, -0.05) is 25.8 Å². The molecule has 2 aliphatic rings. The Kier molecular flexibility index (Phi) is 5.96. The number of carbonyl (C=O) groups excluding carboxylic acids is 4. The smallest absolute Gasteiger partial charge is 0.332 e. The van der Waals surface area contributed by atoms with Crippen LogP contribution in [-0.4, -0.2) is 41.7 Å². The third kappa shape index (κ3) is 4.00. The quantitative estimate of drug-likeness (QED) is 0.436. The van der Waals surface area contributed by atoms with Gasteiger partial charge in [0, 0.05) is 37.6 Å². The first-order chi connectivity index (χ1) is 13.4. The second-order valence-electron chi connectivity index (χ2n) is 7.12. The second-order valence-corrected chi connectivity index (χ2v) is 7.12. The summed E-state index contributed by atoms with van der Waals surface area (Å²) in [5.41, 5.74) is 1.81. The minimum absolute atomic E-state index is 0.207. The van der Waals surface area contributed by atoms with E-state index < -0.39 is 11.9 Å². The van der Waals surface area contributed by atoms with Crippen molar-refractivity contribution in [2.45, 2.75) is 58.0 Å². The number of amides is 3. The number of hydroxylamine groups is 1. The first-order valence-corrected chi connectivity index (χ1v) is 9.63. The molecule has 2 heterocycles. The second kappa shape index (κ2) is 8.41. The molecule has 28 heavy (non-hydrogen) atoms. The van der Waals surface area contributed by atoms with Crippen molar-refractivity contribution in [1.29, 1.82) is 0 Å². The largest absolute Gasteiger partial charge is 0.341 e. The van der Waals surface area contributed by atoms with Crippen molar-refractivity contribution in [2.24, 2.45) is 0 Å². The Morgan fingerprint density at radius 3 is 2.79 bits per heavy atom. The number of hydrogen-bond acceptors (Lipinski definition) is 6. The van der Waals surface area contributed by atoms with E-state index in [1.54, 1.807) is 25.2 Å². The van der Waals surface area contributed by atoms with E-state index in [1.807, 2.05) is 0 Å². The lowest BCUT2D eigenvalue weighted by atomic mass is 10.0. The molecule has 1 N–H and O–H groups in total. The molecule has 0 aromatic heterocycles. The molecule has 1 unspecified atom stereocenters. The fourth-order valence-corrected chi connectivity index (χ4v) is 3.63.